The summed E-state index contributed by atoms with van der Waals surface area (Å²) in [4.78, 5) is 0. The van der Waals surface area contributed by atoms with Crippen molar-refractivity contribution in [2.45, 2.75) is 9.97 Å². The minimum absolute atomic E-state index is 0.278. The van der Waals surface area contributed by atoms with Crippen molar-refractivity contribution in [3.8, 4) is 0 Å². The summed E-state index contributed by atoms with van der Waals surface area (Å²) in [6.45, 7) is 1.58. The molecular weight excluding hydrogens is 205 g/mol. The van der Waals surface area contributed by atoms with E-state index in [1.165, 1.54) is 0 Å². The van der Waals surface area contributed by atoms with Crippen LogP contribution in [0.4, 0.5) is 0 Å². The van der Waals surface area contributed by atoms with Crippen LogP contribution in [0.3, 0.4) is 0 Å². The zero-order valence-electron chi connectivity index (χ0n) is 3.93. The molecule has 0 aromatic heterocycles. The van der Waals surface area contributed by atoms with E-state index in [4.69, 9.17) is 10.5 Å². The first-order valence-corrected chi connectivity index (χ1v) is 3.52. The van der Waals surface area contributed by atoms with Crippen LogP contribution >= 0.6 is 22.6 Å². The molecule has 0 saturated carbocycles. The molecule has 1 heterocycles. The van der Waals surface area contributed by atoms with E-state index in [-0.39, 0.29) is 6.04 Å². The van der Waals surface area contributed by atoms with Gasteiger partial charge < -0.3 is 10.5 Å². The predicted octanol–water partition coefficient (Wildman–Crippen LogP) is 0.147. The molecule has 2 nitrogen and oxygen atoms in total. The molecule has 0 aromatic carbocycles. The van der Waals surface area contributed by atoms with Gasteiger partial charge in [-0.3, -0.25) is 0 Å². The smallest absolute Gasteiger partial charge is 0.0629 e. The van der Waals surface area contributed by atoms with Gasteiger partial charge in [-0.1, -0.05) is 22.6 Å². The maximum Gasteiger partial charge on any atom is 0.0629 e. The highest BCUT2D eigenvalue weighted by molar-refractivity contribution is 14.1. The molecule has 3 heteroatoms. The summed E-state index contributed by atoms with van der Waals surface area (Å²) in [7, 11) is 0. The van der Waals surface area contributed by atoms with Gasteiger partial charge in [0.15, 0.2) is 0 Å². The van der Waals surface area contributed by atoms with Gasteiger partial charge in [-0.05, 0) is 0 Å². The van der Waals surface area contributed by atoms with E-state index in [2.05, 4.69) is 22.6 Å². The number of halogens is 1. The summed E-state index contributed by atoms with van der Waals surface area (Å²) in [6.07, 6.45) is 0. The van der Waals surface area contributed by atoms with Gasteiger partial charge in [-0.25, -0.2) is 0 Å². The van der Waals surface area contributed by atoms with E-state index in [0.717, 1.165) is 13.2 Å². The molecule has 0 spiro atoms. The molecule has 0 aliphatic carbocycles. The van der Waals surface area contributed by atoms with Crippen LogP contribution in [-0.4, -0.2) is 23.2 Å². The largest absolute Gasteiger partial charge is 0.379 e. The lowest BCUT2D eigenvalue weighted by Gasteiger charge is -2.00. The molecule has 1 fully saturated rings. The first kappa shape index (κ1) is 5.78. The van der Waals surface area contributed by atoms with E-state index in [0.29, 0.717) is 3.92 Å². The molecule has 1 aliphatic heterocycles. The molecule has 1 rings (SSSR count). The molecule has 0 radical (unpaired) electrons. The average Bonchev–Trinajstić information content (AvgIpc) is 1.91. The van der Waals surface area contributed by atoms with Crippen LogP contribution in [0.25, 0.3) is 0 Å². The number of ether oxygens (including phenoxy) is 1. The number of hydrogen-bond acceptors (Lipinski definition) is 2. The number of alkyl halides is 1. The Morgan fingerprint density at radius 2 is 2.29 bits per heavy atom. The third-order valence-corrected chi connectivity index (χ3v) is 2.34. The summed E-state index contributed by atoms with van der Waals surface area (Å²) in [5, 5.41) is 0. The van der Waals surface area contributed by atoms with Gasteiger partial charge in [0.1, 0.15) is 0 Å². The van der Waals surface area contributed by atoms with E-state index in [1.54, 1.807) is 0 Å². The van der Waals surface area contributed by atoms with Crippen molar-refractivity contribution < 1.29 is 4.74 Å². The Kier molecular flexibility index (Phi) is 1.88. The van der Waals surface area contributed by atoms with Gasteiger partial charge >= 0.3 is 0 Å². The van der Waals surface area contributed by atoms with Gasteiger partial charge in [-0.15, -0.1) is 0 Å². The lowest BCUT2D eigenvalue weighted by Crippen LogP contribution is -2.28. The highest BCUT2D eigenvalue weighted by Gasteiger charge is 2.20. The van der Waals surface area contributed by atoms with Crippen LogP contribution in [0.15, 0.2) is 0 Å². The predicted molar refractivity (Wildman–Crippen MR) is 36.6 cm³/mol. The Morgan fingerprint density at radius 3 is 2.43 bits per heavy atom. The van der Waals surface area contributed by atoms with Crippen LogP contribution in [0.5, 0.6) is 0 Å². The molecule has 0 aromatic rings. The van der Waals surface area contributed by atoms with Crippen LogP contribution in [0.2, 0.25) is 0 Å². The second kappa shape index (κ2) is 2.28. The minimum Gasteiger partial charge on any atom is -0.379 e. The van der Waals surface area contributed by atoms with E-state index in [1.807, 2.05) is 0 Å². The fourth-order valence-corrected chi connectivity index (χ4v) is 1.01. The second-order valence-corrected chi connectivity index (χ2v) is 3.32. The van der Waals surface area contributed by atoms with Gasteiger partial charge in [0.2, 0.25) is 0 Å². The fraction of sp³-hybridized carbons (Fsp3) is 1.00. The van der Waals surface area contributed by atoms with Crippen LogP contribution in [0, 0.1) is 0 Å². The van der Waals surface area contributed by atoms with Gasteiger partial charge in [0.05, 0.1) is 17.1 Å². The Bertz CT molecular complexity index is 60.7. The Hall–Kier alpha value is 0.650. The zero-order valence-corrected chi connectivity index (χ0v) is 6.09. The molecule has 7 heavy (non-hydrogen) atoms. The van der Waals surface area contributed by atoms with Crippen LogP contribution < -0.4 is 5.73 Å². The Morgan fingerprint density at radius 1 is 1.57 bits per heavy atom. The Balaban J connectivity index is 2.33. The quantitative estimate of drug-likeness (QED) is 0.459. The SMILES string of the molecule is N[C@H]1COCC1I. The first-order chi connectivity index (χ1) is 3.30. The molecule has 2 N–H and O–H groups in total. The van der Waals surface area contributed by atoms with Crippen molar-refractivity contribution in [2.75, 3.05) is 13.2 Å². The lowest BCUT2D eigenvalue weighted by atomic mass is 10.3. The third kappa shape index (κ3) is 1.27. The van der Waals surface area contributed by atoms with E-state index >= 15 is 0 Å². The van der Waals surface area contributed by atoms with Crippen molar-refractivity contribution in [2.24, 2.45) is 5.73 Å². The van der Waals surface area contributed by atoms with Crippen molar-refractivity contribution in [1.29, 1.82) is 0 Å². The molecule has 1 saturated heterocycles. The third-order valence-electron chi connectivity index (χ3n) is 1.05. The van der Waals surface area contributed by atoms with Gasteiger partial charge in [0.25, 0.3) is 0 Å². The topological polar surface area (TPSA) is 35.2 Å². The number of nitrogens with two attached hydrogens (primary N) is 1. The van der Waals surface area contributed by atoms with Crippen molar-refractivity contribution in [1.82, 2.24) is 0 Å². The highest BCUT2D eigenvalue weighted by atomic mass is 127. The number of rotatable bonds is 0. The van der Waals surface area contributed by atoms with Crippen molar-refractivity contribution >= 4 is 22.6 Å². The van der Waals surface area contributed by atoms with Gasteiger partial charge in [-0.2, -0.15) is 0 Å². The first-order valence-electron chi connectivity index (χ1n) is 2.28. The summed E-state index contributed by atoms with van der Waals surface area (Å²) in [5.74, 6) is 0. The van der Waals surface area contributed by atoms with Gasteiger partial charge in [0, 0.05) is 6.04 Å². The summed E-state index contributed by atoms with van der Waals surface area (Å²) < 4.78 is 5.58. The summed E-state index contributed by atoms with van der Waals surface area (Å²) in [6, 6.07) is 0.278. The van der Waals surface area contributed by atoms with E-state index in [9.17, 15) is 0 Å². The monoisotopic (exact) mass is 213 g/mol. The maximum atomic E-state index is 5.55. The number of hydrogen-bond donors (Lipinski definition) is 1. The summed E-state index contributed by atoms with van der Waals surface area (Å²) >= 11 is 2.31. The molecule has 0 bridgehead atoms. The maximum absolute atomic E-state index is 5.55. The molecule has 42 valence electrons. The molecule has 0 amide bonds. The molecular formula is C4H8INO. The summed E-state index contributed by atoms with van der Waals surface area (Å²) in [5.41, 5.74) is 5.55. The van der Waals surface area contributed by atoms with Crippen LogP contribution in [0.1, 0.15) is 0 Å². The lowest BCUT2D eigenvalue weighted by molar-refractivity contribution is 0.195. The van der Waals surface area contributed by atoms with E-state index < -0.39 is 0 Å². The second-order valence-electron chi connectivity index (χ2n) is 1.72. The molecule has 1 aliphatic rings. The molecule has 2 atom stereocenters. The molecule has 1 unspecified atom stereocenters. The highest BCUT2D eigenvalue weighted by Crippen LogP contribution is 2.11. The normalized spacial score (nSPS) is 42.0. The average molecular weight is 213 g/mol. The van der Waals surface area contributed by atoms with Crippen LogP contribution in [-0.2, 0) is 4.74 Å². The minimum atomic E-state index is 0.278. The Labute approximate surface area is 56.5 Å². The fourth-order valence-electron chi connectivity index (χ4n) is 0.545. The zero-order chi connectivity index (χ0) is 5.28. The standard InChI is InChI=1S/C4H8INO/c5-3-1-7-2-4(3)6/h3-4H,1-2,6H2/t3?,4-/m0/s1. The van der Waals surface area contributed by atoms with Crippen molar-refractivity contribution in [3.63, 3.8) is 0 Å². The van der Waals surface area contributed by atoms with Crippen molar-refractivity contribution in [3.05, 3.63) is 0 Å².